The third kappa shape index (κ3) is 2.61. The van der Waals surface area contributed by atoms with Gasteiger partial charge in [0.15, 0.2) is 5.82 Å². The molecule has 0 radical (unpaired) electrons. The lowest BCUT2D eigenvalue weighted by Crippen LogP contribution is -2.37. The molecule has 0 N–H and O–H groups in total. The number of rotatable bonds is 3. The molecule has 0 unspecified atom stereocenters. The topological polar surface area (TPSA) is 68.8 Å². The van der Waals surface area contributed by atoms with Crippen molar-refractivity contribution < 1.29 is 4.79 Å². The Morgan fingerprint density at radius 3 is 2.79 bits per heavy atom. The lowest BCUT2D eigenvalue weighted by molar-refractivity contribution is -0.133. The van der Waals surface area contributed by atoms with Crippen molar-refractivity contribution in [2.75, 3.05) is 6.54 Å². The highest BCUT2D eigenvalue weighted by Crippen LogP contribution is 2.31. The van der Waals surface area contributed by atoms with Crippen molar-refractivity contribution >= 4 is 5.91 Å². The van der Waals surface area contributed by atoms with Crippen LogP contribution in [0.3, 0.4) is 0 Å². The van der Waals surface area contributed by atoms with Crippen LogP contribution in [0.1, 0.15) is 43.4 Å². The Kier molecular flexibility index (Phi) is 3.86. The van der Waals surface area contributed by atoms with Crippen LogP contribution in [-0.4, -0.2) is 41.9 Å². The van der Waals surface area contributed by atoms with Crippen molar-refractivity contribution in [3.05, 3.63) is 17.6 Å². The number of aryl methyl sites for hydroxylation is 2. The van der Waals surface area contributed by atoms with Crippen molar-refractivity contribution in [1.29, 1.82) is 0 Å². The molecule has 0 saturated heterocycles. The average molecular weight is 328 g/mol. The molecule has 0 bridgehead atoms. The Bertz CT molecular complexity index is 755. The van der Waals surface area contributed by atoms with E-state index in [2.05, 4.69) is 15.3 Å². The summed E-state index contributed by atoms with van der Waals surface area (Å²) in [6.07, 6.45) is 8.22. The molecule has 1 amide bonds. The highest BCUT2D eigenvalue weighted by atomic mass is 16.2. The lowest BCUT2D eigenvalue weighted by Gasteiger charge is -2.28. The first-order valence-corrected chi connectivity index (χ1v) is 8.80. The molecule has 0 aromatic carbocycles. The van der Waals surface area contributed by atoms with E-state index in [0.717, 1.165) is 30.0 Å². The van der Waals surface area contributed by atoms with Gasteiger partial charge in [-0.2, -0.15) is 5.10 Å². The van der Waals surface area contributed by atoms with Crippen molar-refractivity contribution in [3.63, 3.8) is 0 Å². The second kappa shape index (κ2) is 6.03. The van der Waals surface area contributed by atoms with E-state index in [1.165, 1.54) is 31.4 Å². The van der Waals surface area contributed by atoms with Gasteiger partial charge in [0.05, 0.1) is 0 Å². The molecule has 3 heterocycles. The summed E-state index contributed by atoms with van der Waals surface area (Å²) in [7, 11) is 3.89. The standard InChI is InChI=1S/C17H24N6O/c1-21-11-18-19-17(21)16-13-10-23(8-7-14(13)22(2)20-16)15(24)9-12-5-3-4-6-12/h11-12H,3-10H2,1-2H3. The largest absolute Gasteiger partial charge is 0.338 e. The summed E-state index contributed by atoms with van der Waals surface area (Å²) in [5.41, 5.74) is 3.18. The number of nitrogens with zero attached hydrogens (tertiary/aromatic N) is 6. The van der Waals surface area contributed by atoms with Crippen molar-refractivity contribution in [1.82, 2.24) is 29.4 Å². The zero-order chi connectivity index (χ0) is 16.7. The van der Waals surface area contributed by atoms with Gasteiger partial charge < -0.3 is 9.47 Å². The minimum absolute atomic E-state index is 0.292. The van der Waals surface area contributed by atoms with E-state index in [4.69, 9.17) is 0 Å². The highest BCUT2D eigenvalue weighted by molar-refractivity contribution is 5.77. The predicted molar refractivity (Wildman–Crippen MR) is 88.9 cm³/mol. The number of amides is 1. The summed E-state index contributed by atoms with van der Waals surface area (Å²) in [6, 6.07) is 0. The van der Waals surface area contributed by atoms with E-state index in [9.17, 15) is 4.79 Å². The van der Waals surface area contributed by atoms with Crippen LogP contribution < -0.4 is 0 Å². The molecule has 2 aliphatic rings. The van der Waals surface area contributed by atoms with Gasteiger partial charge in [0, 0.05) is 51.3 Å². The van der Waals surface area contributed by atoms with Gasteiger partial charge in [0.25, 0.3) is 0 Å². The van der Waals surface area contributed by atoms with Crippen LogP contribution in [0.5, 0.6) is 0 Å². The Morgan fingerprint density at radius 1 is 1.29 bits per heavy atom. The average Bonchev–Trinajstić information content (AvgIpc) is 3.29. The van der Waals surface area contributed by atoms with E-state index in [1.807, 2.05) is 28.2 Å². The van der Waals surface area contributed by atoms with Gasteiger partial charge in [-0.3, -0.25) is 9.48 Å². The van der Waals surface area contributed by atoms with Gasteiger partial charge in [0.2, 0.25) is 5.91 Å². The first kappa shape index (κ1) is 15.4. The third-order valence-corrected chi connectivity index (χ3v) is 5.46. The molecule has 1 saturated carbocycles. The Hall–Kier alpha value is -2.18. The zero-order valence-corrected chi connectivity index (χ0v) is 14.4. The smallest absolute Gasteiger partial charge is 0.223 e. The summed E-state index contributed by atoms with van der Waals surface area (Å²) < 4.78 is 3.81. The van der Waals surface area contributed by atoms with Gasteiger partial charge in [0.1, 0.15) is 12.0 Å². The third-order valence-electron chi connectivity index (χ3n) is 5.46. The molecule has 0 spiro atoms. The normalized spacial score (nSPS) is 18.2. The number of fused-ring (bicyclic) bond motifs is 1. The van der Waals surface area contributed by atoms with Gasteiger partial charge in [-0.1, -0.05) is 12.8 Å². The van der Waals surface area contributed by atoms with Gasteiger partial charge in [-0.25, -0.2) is 0 Å². The summed E-state index contributed by atoms with van der Waals surface area (Å²) in [6.45, 7) is 1.42. The minimum atomic E-state index is 0.292. The van der Waals surface area contributed by atoms with Crippen LogP contribution in [0.2, 0.25) is 0 Å². The molecule has 2 aromatic rings. The number of hydrogen-bond acceptors (Lipinski definition) is 4. The van der Waals surface area contributed by atoms with E-state index >= 15 is 0 Å². The van der Waals surface area contributed by atoms with Crippen LogP contribution in [-0.2, 0) is 31.9 Å². The molecule has 2 aromatic heterocycles. The summed E-state index contributed by atoms with van der Waals surface area (Å²) in [5.74, 6) is 1.64. The Balaban J connectivity index is 1.57. The number of aromatic nitrogens is 5. The molecule has 1 fully saturated rings. The maximum absolute atomic E-state index is 12.7. The molecule has 0 atom stereocenters. The molecular weight excluding hydrogens is 304 g/mol. The van der Waals surface area contributed by atoms with Gasteiger partial charge in [-0.05, 0) is 18.8 Å². The quantitative estimate of drug-likeness (QED) is 0.859. The Morgan fingerprint density at radius 2 is 2.08 bits per heavy atom. The van der Waals surface area contributed by atoms with E-state index in [-0.39, 0.29) is 0 Å². The summed E-state index contributed by atoms with van der Waals surface area (Å²) >= 11 is 0. The number of carbonyl (C=O) groups is 1. The van der Waals surface area contributed by atoms with Crippen LogP contribution in [0.25, 0.3) is 11.5 Å². The summed E-state index contributed by atoms with van der Waals surface area (Å²) in [4.78, 5) is 14.7. The first-order valence-electron chi connectivity index (χ1n) is 8.80. The SMILES string of the molecule is Cn1cnnc1-c1nn(C)c2c1CN(C(=O)CC1CCCC1)CC2. The van der Waals surface area contributed by atoms with E-state index < -0.39 is 0 Å². The molecular formula is C17H24N6O. The zero-order valence-electron chi connectivity index (χ0n) is 14.4. The fourth-order valence-corrected chi connectivity index (χ4v) is 4.07. The minimum Gasteiger partial charge on any atom is -0.338 e. The molecule has 1 aliphatic carbocycles. The molecule has 128 valence electrons. The van der Waals surface area contributed by atoms with Crippen LogP contribution >= 0.6 is 0 Å². The van der Waals surface area contributed by atoms with Crippen LogP contribution in [0, 0.1) is 5.92 Å². The van der Waals surface area contributed by atoms with Crippen LogP contribution in [0.4, 0.5) is 0 Å². The van der Waals surface area contributed by atoms with Crippen LogP contribution in [0.15, 0.2) is 6.33 Å². The maximum atomic E-state index is 12.7. The highest BCUT2D eigenvalue weighted by Gasteiger charge is 2.30. The fourth-order valence-electron chi connectivity index (χ4n) is 4.07. The van der Waals surface area contributed by atoms with Crippen molar-refractivity contribution in [2.24, 2.45) is 20.0 Å². The molecule has 24 heavy (non-hydrogen) atoms. The molecule has 7 nitrogen and oxygen atoms in total. The van der Waals surface area contributed by atoms with Crippen molar-refractivity contribution in [3.8, 4) is 11.5 Å². The lowest BCUT2D eigenvalue weighted by atomic mass is 10.0. The maximum Gasteiger partial charge on any atom is 0.223 e. The first-order chi connectivity index (χ1) is 11.6. The number of carbonyl (C=O) groups excluding carboxylic acids is 1. The molecule has 4 rings (SSSR count). The van der Waals surface area contributed by atoms with Gasteiger partial charge >= 0.3 is 0 Å². The van der Waals surface area contributed by atoms with Gasteiger partial charge in [-0.15, -0.1) is 10.2 Å². The second-order valence-electron chi connectivity index (χ2n) is 7.08. The number of hydrogen-bond donors (Lipinski definition) is 0. The summed E-state index contributed by atoms with van der Waals surface area (Å²) in [5, 5.41) is 12.8. The molecule has 1 aliphatic heterocycles. The molecule has 7 heteroatoms. The fraction of sp³-hybridized carbons (Fsp3) is 0.647. The van der Waals surface area contributed by atoms with E-state index in [1.54, 1.807) is 6.33 Å². The Labute approximate surface area is 141 Å². The predicted octanol–water partition coefficient (Wildman–Crippen LogP) is 1.68. The monoisotopic (exact) mass is 328 g/mol. The van der Waals surface area contributed by atoms with E-state index in [0.29, 0.717) is 24.8 Å². The second-order valence-corrected chi connectivity index (χ2v) is 7.08. The van der Waals surface area contributed by atoms with Crippen molar-refractivity contribution in [2.45, 2.75) is 45.1 Å².